The fourth-order valence-electron chi connectivity index (χ4n) is 0.710. The maximum absolute atomic E-state index is 12.5. The van der Waals surface area contributed by atoms with Gasteiger partial charge < -0.3 is 5.73 Å². The molecule has 0 radical (unpaired) electrons. The summed E-state index contributed by atoms with van der Waals surface area (Å²) in [5, 5.41) is 0. The molecular weight excluding hydrogens is 167 g/mol. The van der Waals surface area contributed by atoms with Crippen molar-refractivity contribution in [1.29, 1.82) is 0 Å². The lowest BCUT2D eigenvalue weighted by Crippen LogP contribution is -2.01. The lowest BCUT2D eigenvalue weighted by molar-refractivity contribution is 0.607. The summed E-state index contributed by atoms with van der Waals surface area (Å²) in [6.07, 6.45) is 0. The minimum Gasteiger partial charge on any atom is -0.325 e. The maximum atomic E-state index is 12.5. The zero-order chi connectivity index (χ0) is 7.56. The van der Waals surface area contributed by atoms with E-state index in [9.17, 15) is 4.39 Å². The molecule has 0 saturated heterocycles. The van der Waals surface area contributed by atoms with Gasteiger partial charge in [0.2, 0.25) is 0 Å². The van der Waals surface area contributed by atoms with Gasteiger partial charge in [0.1, 0.15) is 5.82 Å². The highest BCUT2D eigenvalue weighted by atomic mass is 35.5. The second-order valence-corrected chi connectivity index (χ2v) is 2.07. The maximum Gasteiger partial charge on any atom is 0.144 e. The van der Waals surface area contributed by atoms with Gasteiger partial charge in [-0.2, -0.15) is 0 Å². The van der Waals surface area contributed by atoms with Crippen LogP contribution in [0.1, 0.15) is 11.4 Å². The van der Waals surface area contributed by atoms with E-state index in [1.165, 1.54) is 6.07 Å². The summed E-state index contributed by atoms with van der Waals surface area (Å²) in [7, 11) is 0. The second-order valence-electron chi connectivity index (χ2n) is 2.07. The van der Waals surface area contributed by atoms with Crippen molar-refractivity contribution in [2.45, 2.75) is 13.5 Å². The number of hydrogen-bond acceptors (Lipinski definition) is 2. The molecule has 0 bridgehead atoms. The molecule has 0 spiro atoms. The minimum absolute atomic E-state index is 0. The van der Waals surface area contributed by atoms with Crippen LogP contribution in [0.2, 0.25) is 0 Å². The highest BCUT2D eigenvalue weighted by Crippen LogP contribution is 2.02. The number of halogens is 2. The highest BCUT2D eigenvalue weighted by Gasteiger charge is 1.97. The van der Waals surface area contributed by atoms with Crippen LogP contribution in [-0.4, -0.2) is 4.98 Å². The van der Waals surface area contributed by atoms with E-state index in [4.69, 9.17) is 5.73 Å². The molecule has 1 rings (SSSR count). The Balaban J connectivity index is 0.000001000. The molecule has 1 heterocycles. The number of rotatable bonds is 1. The molecule has 1 aromatic rings. The van der Waals surface area contributed by atoms with E-state index >= 15 is 0 Å². The zero-order valence-corrected chi connectivity index (χ0v) is 6.99. The summed E-state index contributed by atoms with van der Waals surface area (Å²) in [6.45, 7) is 1.98. The van der Waals surface area contributed by atoms with Crippen LogP contribution in [0.4, 0.5) is 4.39 Å². The number of pyridine rings is 1. The Labute approximate surface area is 71.0 Å². The molecule has 0 unspecified atom stereocenters. The monoisotopic (exact) mass is 176 g/mol. The van der Waals surface area contributed by atoms with Crippen molar-refractivity contribution in [1.82, 2.24) is 4.98 Å². The molecular formula is C7H10ClFN2. The topological polar surface area (TPSA) is 38.9 Å². The molecule has 4 heteroatoms. The van der Waals surface area contributed by atoms with Gasteiger partial charge in [0.25, 0.3) is 0 Å². The molecule has 0 amide bonds. The summed E-state index contributed by atoms with van der Waals surface area (Å²) in [6, 6.07) is 2.97. The first-order valence-corrected chi connectivity index (χ1v) is 3.06. The van der Waals surface area contributed by atoms with Gasteiger partial charge in [-0.15, -0.1) is 12.4 Å². The quantitative estimate of drug-likeness (QED) is 0.703. The average Bonchev–Trinajstić information content (AvgIpc) is 1.95. The first kappa shape index (κ1) is 10.3. The van der Waals surface area contributed by atoms with Crippen molar-refractivity contribution in [3.8, 4) is 0 Å². The van der Waals surface area contributed by atoms with E-state index in [-0.39, 0.29) is 18.2 Å². The Hall–Kier alpha value is -0.670. The molecule has 2 nitrogen and oxygen atoms in total. The Morgan fingerprint density at radius 2 is 2.18 bits per heavy atom. The van der Waals surface area contributed by atoms with Gasteiger partial charge in [0.15, 0.2) is 0 Å². The minimum atomic E-state index is -0.280. The number of aromatic nitrogens is 1. The summed E-state index contributed by atoms with van der Waals surface area (Å²) in [4.78, 5) is 3.89. The molecule has 0 fully saturated rings. The molecule has 62 valence electrons. The Kier molecular flexibility index (Phi) is 4.00. The van der Waals surface area contributed by atoms with E-state index in [1.807, 2.05) is 0 Å². The molecule has 0 aliphatic heterocycles. The smallest absolute Gasteiger partial charge is 0.144 e. The van der Waals surface area contributed by atoms with Gasteiger partial charge in [-0.25, -0.2) is 4.39 Å². The zero-order valence-electron chi connectivity index (χ0n) is 6.17. The summed E-state index contributed by atoms with van der Waals surface area (Å²) in [5.74, 6) is -0.280. The van der Waals surface area contributed by atoms with Crippen LogP contribution in [0.5, 0.6) is 0 Å². The summed E-state index contributed by atoms with van der Waals surface area (Å²) < 4.78 is 12.5. The van der Waals surface area contributed by atoms with E-state index < -0.39 is 0 Å². The molecule has 1 aromatic heterocycles. The summed E-state index contributed by atoms with van der Waals surface area (Å²) in [5.41, 5.74) is 6.41. The van der Waals surface area contributed by atoms with Gasteiger partial charge in [-0.3, -0.25) is 4.98 Å². The number of hydrogen-bond donors (Lipinski definition) is 1. The molecule has 2 N–H and O–H groups in total. The molecule has 0 saturated carbocycles. The fourth-order valence-corrected chi connectivity index (χ4v) is 0.710. The third-order valence-electron chi connectivity index (χ3n) is 1.29. The third-order valence-corrected chi connectivity index (χ3v) is 1.29. The first-order chi connectivity index (χ1) is 4.74. The van der Waals surface area contributed by atoms with Crippen molar-refractivity contribution in [2.75, 3.05) is 0 Å². The van der Waals surface area contributed by atoms with Crippen molar-refractivity contribution in [2.24, 2.45) is 5.73 Å². The van der Waals surface area contributed by atoms with Gasteiger partial charge in [-0.1, -0.05) is 0 Å². The fraction of sp³-hybridized carbons (Fsp3) is 0.286. The highest BCUT2D eigenvalue weighted by molar-refractivity contribution is 5.85. The average molecular weight is 177 g/mol. The van der Waals surface area contributed by atoms with Gasteiger partial charge in [-0.05, 0) is 19.1 Å². The molecule has 0 aliphatic carbocycles. The van der Waals surface area contributed by atoms with Crippen LogP contribution in [0.25, 0.3) is 0 Å². The van der Waals surface area contributed by atoms with E-state index in [0.29, 0.717) is 12.2 Å². The van der Waals surface area contributed by atoms with Crippen molar-refractivity contribution in [3.63, 3.8) is 0 Å². The number of aryl methyl sites for hydroxylation is 1. The first-order valence-electron chi connectivity index (χ1n) is 3.06. The van der Waals surface area contributed by atoms with Crippen LogP contribution in [-0.2, 0) is 6.54 Å². The largest absolute Gasteiger partial charge is 0.325 e. The van der Waals surface area contributed by atoms with Crippen LogP contribution in [0, 0.1) is 12.7 Å². The van der Waals surface area contributed by atoms with Crippen molar-refractivity contribution in [3.05, 3.63) is 29.3 Å². The predicted molar refractivity (Wildman–Crippen MR) is 44.1 cm³/mol. The Morgan fingerprint density at radius 3 is 2.64 bits per heavy atom. The van der Waals surface area contributed by atoms with Gasteiger partial charge in [0.05, 0.1) is 11.4 Å². The van der Waals surface area contributed by atoms with Crippen molar-refractivity contribution < 1.29 is 4.39 Å². The molecule has 0 aromatic carbocycles. The van der Waals surface area contributed by atoms with E-state index in [1.54, 1.807) is 13.0 Å². The van der Waals surface area contributed by atoms with Gasteiger partial charge in [0, 0.05) is 6.54 Å². The SMILES string of the molecule is Cc1nc(CN)ccc1F.Cl. The molecule has 11 heavy (non-hydrogen) atoms. The lowest BCUT2D eigenvalue weighted by atomic mass is 10.3. The number of nitrogens with zero attached hydrogens (tertiary/aromatic N) is 1. The third kappa shape index (κ3) is 2.44. The standard InChI is InChI=1S/C7H9FN2.ClH/c1-5-7(8)3-2-6(4-9)10-5;/h2-3H,4,9H2,1H3;1H. The van der Waals surface area contributed by atoms with E-state index in [2.05, 4.69) is 4.98 Å². The van der Waals surface area contributed by atoms with E-state index in [0.717, 1.165) is 5.69 Å². The second kappa shape index (κ2) is 4.26. The van der Waals surface area contributed by atoms with Crippen LogP contribution in [0.3, 0.4) is 0 Å². The van der Waals surface area contributed by atoms with Crippen LogP contribution >= 0.6 is 12.4 Å². The molecule has 0 atom stereocenters. The van der Waals surface area contributed by atoms with Gasteiger partial charge >= 0.3 is 0 Å². The summed E-state index contributed by atoms with van der Waals surface area (Å²) >= 11 is 0. The lowest BCUT2D eigenvalue weighted by Gasteiger charge is -1.97. The van der Waals surface area contributed by atoms with Crippen molar-refractivity contribution >= 4 is 12.4 Å². The predicted octanol–water partition coefficient (Wildman–Crippen LogP) is 1.41. The van der Waals surface area contributed by atoms with Crippen LogP contribution in [0.15, 0.2) is 12.1 Å². The normalized spacial score (nSPS) is 9.00. The molecule has 0 aliphatic rings. The van der Waals surface area contributed by atoms with Crippen LogP contribution < -0.4 is 5.73 Å². The number of nitrogens with two attached hydrogens (primary N) is 1. The Bertz CT molecular complexity index is 240. The Morgan fingerprint density at radius 1 is 1.55 bits per heavy atom.